The van der Waals surface area contributed by atoms with E-state index in [4.69, 9.17) is 9.26 Å². The Morgan fingerprint density at radius 2 is 2.25 bits per heavy atom. The maximum absolute atomic E-state index is 5.41. The molecule has 0 radical (unpaired) electrons. The molecule has 2 aliphatic carbocycles. The first-order chi connectivity index (χ1) is 7.86. The lowest BCUT2D eigenvalue weighted by Gasteiger charge is -2.08. The summed E-state index contributed by atoms with van der Waals surface area (Å²) in [7, 11) is 1.71. The lowest BCUT2D eigenvalue weighted by molar-refractivity contribution is 0.0751. The molecule has 1 heterocycles. The first-order valence-electron chi connectivity index (χ1n) is 5.95. The molecule has 3 rings (SSSR count). The molecular weight excluding hydrogens is 206 g/mol. The van der Waals surface area contributed by atoms with Gasteiger partial charge in [0.05, 0.1) is 6.54 Å². The monoisotopic (exact) mass is 223 g/mol. The summed E-state index contributed by atoms with van der Waals surface area (Å²) in [6.45, 7) is 0.679. The van der Waals surface area contributed by atoms with Crippen LogP contribution in [0.1, 0.15) is 43.5 Å². The van der Waals surface area contributed by atoms with Gasteiger partial charge in [0.15, 0.2) is 0 Å². The summed E-state index contributed by atoms with van der Waals surface area (Å²) in [5, 5.41) is 7.35. The third-order valence-electron chi connectivity index (χ3n) is 3.16. The third-order valence-corrected chi connectivity index (χ3v) is 3.16. The van der Waals surface area contributed by atoms with E-state index in [2.05, 4.69) is 15.5 Å². The normalized spacial score (nSPS) is 22.3. The number of aromatic nitrogens is 2. The SMILES string of the molecule is COC(c1noc(CNC2CC2)n1)C1CC1. The van der Waals surface area contributed by atoms with Gasteiger partial charge in [0.1, 0.15) is 6.10 Å². The van der Waals surface area contributed by atoms with Crippen molar-refractivity contribution in [1.82, 2.24) is 15.5 Å². The number of rotatable bonds is 6. The standard InChI is InChI=1S/C11H17N3O2/c1-15-10(7-2-3-7)11-13-9(16-14-11)6-12-8-4-5-8/h7-8,10,12H,2-6H2,1H3. The number of hydrogen-bond donors (Lipinski definition) is 1. The Hall–Kier alpha value is -0.940. The van der Waals surface area contributed by atoms with Crippen molar-refractivity contribution in [3.8, 4) is 0 Å². The van der Waals surface area contributed by atoms with E-state index in [1.54, 1.807) is 7.11 Å². The summed E-state index contributed by atoms with van der Waals surface area (Å²) in [4.78, 5) is 4.38. The molecule has 0 saturated heterocycles. The molecule has 1 atom stereocenters. The van der Waals surface area contributed by atoms with Crippen LogP contribution in [0.5, 0.6) is 0 Å². The van der Waals surface area contributed by atoms with Crippen molar-refractivity contribution < 1.29 is 9.26 Å². The molecule has 0 amide bonds. The average Bonchev–Trinajstić information content (AvgIpc) is 3.18. The maximum atomic E-state index is 5.41. The Balaban J connectivity index is 1.60. The lowest BCUT2D eigenvalue weighted by atomic mass is 10.2. The molecule has 0 aliphatic heterocycles. The molecule has 5 heteroatoms. The zero-order valence-electron chi connectivity index (χ0n) is 9.48. The van der Waals surface area contributed by atoms with Crippen molar-refractivity contribution in [2.45, 2.75) is 44.4 Å². The number of nitrogens with zero attached hydrogens (tertiary/aromatic N) is 2. The van der Waals surface area contributed by atoms with Crippen LogP contribution in [0.15, 0.2) is 4.52 Å². The number of methoxy groups -OCH3 is 1. The lowest BCUT2D eigenvalue weighted by Crippen LogP contribution is -2.15. The van der Waals surface area contributed by atoms with Crippen LogP contribution in [0.4, 0.5) is 0 Å². The van der Waals surface area contributed by atoms with Crippen LogP contribution in [0.3, 0.4) is 0 Å². The minimum atomic E-state index is 0.0263. The van der Waals surface area contributed by atoms with Crippen molar-refractivity contribution in [2.75, 3.05) is 7.11 Å². The van der Waals surface area contributed by atoms with Crippen LogP contribution in [0.25, 0.3) is 0 Å². The van der Waals surface area contributed by atoms with Crippen LogP contribution >= 0.6 is 0 Å². The molecule has 88 valence electrons. The van der Waals surface area contributed by atoms with Crippen LogP contribution in [-0.4, -0.2) is 23.3 Å². The van der Waals surface area contributed by atoms with Crippen molar-refractivity contribution in [3.63, 3.8) is 0 Å². The molecule has 5 nitrogen and oxygen atoms in total. The van der Waals surface area contributed by atoms with Crippen LogP contribution in [-0.2, 0) is 11.3 Å². The average molecular weight is 223 g/mol. The molecule has 0 bridgehead atoms. The van der Waals surface area contributed by atoms with Gasteiger partial charge in [-0.2, -0.15) is 4.98 Å². The molecule has 16 heavy (non-hydrogen) atoms. The Kier molecular flexibility index (Phi) is 2.65. The van der Waals surface area contributed by atoms with Gasteiger partial charge in [-0.15, -0.1) is 0 Å². The summed E-state index contributed by atoms with van der Waals surface area (Å²) < 4.78 is 10.6. The minimum Gasteiger partial charge on any atom is -0.373 e. The predicted molar refractivity (Wildman–Crippen MR) is 56.6 cm³/mol. The van der Waals surface area contributed by atoms with E-state index in [0.29, 0.717) is 30.2 Å². The predicted octanol–water partition coefficient (Wildman–Crippen LogP) is 1.42. The fraction of sp³-hybridized carbons (Fsp3) is 0.818. The second-order valence-electron chi connectivity index (χ2n) is 4.70. The van der Waals surface area contributed by atoms with Crippen molar-refractivity contribution >= 4 is 0 Å². The Labute approximate surface area is 94.6 Å². The van der Waals surface area contributed by atoms with E-state index in [9.17, 15) is 0 Å². The topological polar surface area (TPSA) is 60.2 Å². The molecule has 1 unspecified atom stereocenters. The first kappa shape index (κ1) is 10.2. The van der Waals surface area contributed by atoms with Gasteiger partial charge >= 0.3 is 0 Å². The van der Waals surface area contributed by atoms with Gasteiger partial charge in [0.2, 0.25) is 11.7 Å². The molecule has 1 aromatic heterocycles. The fourth-order valence-corrected chi connectivity index (χ4v) is 1.88. The summed E-state index contributed by atoms with van der Waals surface area (Å²) in [6, 6.07) is 0.664. The van der Waals surface area contributed by atoms with Crippen LogP contribution in [0, 0.1) is 5.92 Å². The third kappa shape index (κ3) is 2.25. The number of ether oxygens (including phenoxy) is 1. The molecule has 1 N–H and O–H groups in total. The zero-order valence-corrected chi connectivity index (χ0v) is 9.48. The van der Waals surface area contributed by atoms with Gasteiger partial charge in [0.25, 0.3) is 0 Å². The van der Waals surface area contributed by atoms with Gasteiger partial charge < -0.3 is 14.6 Å². The van der Waals surface area contributed by atoms with Gasteiger partial charge in [0, 0.05) is 13.2 Å². The quantitative estimate of drug-likeness (QED) is 0.790. The second kappa shape index (κ2) is 4.14. The highest BCUT2D eigenvalue weighted by molar-refractivity contribution is 4.98. The maximum Gasteiger partial charge on any atom is 0.240 e. The van der Waals surface area contributed by atoms with Gasteiger partial charge in [-0.1, -0.05) is 5.16 Å². The van der Waals surface area contributed by atoms with Crippen LogP contribution in [0.2, 0.25) is 0 Å². The smallest absolute Gasteiger partial charge is 0.240 e. The summed E-state index contributed by atoms with van der Waals surface area (Å²) in [6.07, 6.45) is 4.98. The largest absolute Gasteiger partial charge is 0.373 e. The summed E-state index contributed by atoms with van der Waals surface area (Å²) >= 11 is 0. The highest BCUT2D eigenvalue weighted by Gasteiger charge is 2.35. The Morgan fingerprint density at radius 3 is 2.88 bits per heavy atom. The second-order valence-corrected chi connectivity index (χ2v) is 4.70. The van der Waals surface area contributed by atoms with Crippen molar-refractivity contribution in [2.24, 2.45) is 5.92 Å². The molecule has 1 aromatic rings. The van der Waals surface area contributed by atoms with E-state index in [1.807, 2.05) is 0 Å². The fourth-order valence-electron chi connectivity index (χ4n) is 1.88. The molecule has 2 saturated carbocycles. The van der Waals surface area contributed by atoms with Crippen LogP contribution < -0.4 is 5.32 Å². The van der Waals surface area contributed by atoms with Gasteiger partial charge in [-0.3, -0.25) is 0 Å². The first-order valence-corrected chi connectivity index (χ1v) is 5.95. The van der Waals surface area contributed by atoms with E-state index < -0.39 is 0 Å². The van der Waals surface area contributed by atoms with E-state index in [1.165, 1.54) is 25.7 Å². The zero-order chi connectivity index (χ0) is 11.0. The molecule has 2 fully saturated rings. The minimum absolute atomic E-state index is 0.0263. The van der Waals surface area contributed by atoms with Gasteiger partial charge in [-0.25, -0.2) is 0 Å². The Morgan fingerprint density at radius 1 is 1.44 bits per heavy atom. The molecule has 0 aromatic carbocycles. The Bertz CT molecular complexity index is 358. The molecular formula is C11H17N3O2. The van der Waals surface area contributed by atoms with Crippen molar-refractivity contribution in [3.05, 3.63) is 11.7 Å². The summed E-state index contributed by atoms with van der Waals surface area (Å²) in [5.41, 5.74) is 0. The van der Waals surface area contributed by atoms with E-state index >= 15 is 0 Å². The highest BCUT2D eigenvalue weighted by Crippen LogP contribution is 2.41. The molecule has 0 spiro atoms. The van der Waals surface area contributed by atoms with Gasteiger partial charge in [-0.05, 0) is 31.6 Å². The van der Waals surface area contributed by atoms with E-state index in [0.717, 1.165) is 0 Å². The van der Waals surface area contributed by atoms with E-state index in [-0.39, 0.29) is 6.10 Å². The number of nitrogens with one attached hydrogen (secondary N) is 1. The highest BCUT2D eigenvalue weighted by atomic mass is 16.5. The van der Waals surface area contributed by atoms with Crippen molar-refractivity contribution in [1.29, 1.82) is 0 Å². The number of hydrogen-bond acceptors (Lipinski definition) is 5. The summed E-state index contributed by atoms with van der Waals surface area (Å²) in [5.74, 6) is 1.97. The molecule has 2 aliphatic rings.